The molecule has 0 spiro atoms. The van der Waals surface area contributed by atoms with Crippen molar-refractivity contribution >= 4 is 40.1 Å². The molecule has 0 amide bonds. The summed E-state index contributed by atoms with van der Waals surface area (Å²) in [7, 11) is 0. The number of fused-ring (bicyclic) bond motifs is 1. The van der Waals surface area contributed by atoms with Gasteiger partial charge in [-0.1, -0.05) is 70.6 Å². The number of hydrogen-bond acceptors (Lipinski definition) is 6. The maximum atomic E-state index is 8.49. The van der Waals surface area contributed by atoms with E-state index in [0.29, 0.717) is 51.5 Å². The molecule has 4 N–H and O–H groups in total. The van der Waals surface area contributed by atoms with Crippen molar-refractivity contribution in [3.05, 3.63) is 41.5 Å². The van der Waals surface area contributed by atoms with Crippen molar-refractivity contribution < 1.29 is 93.6 Å². The number of ether oxygens (including phenoxy) is 4. The molecular weight excluding hydrogens is 682 g/mol. The Morgan fingerprint density at radius 3 is 2.02 bits per heavy atom. The minimum absolute atomic E-state index is 0. The molecule has 1 aliphatic heterocycles. The molecule has 2 fully saturated rings. The summed E-state index contributed by atoms with van der Waals surface area (Å²) in [4.78, 5) is 4.27. The zero-order valence-electron chi connectivity index (χ0n) is 26.0. The second-order valence-electron chi connectivity index (χ2n) is 8.66. The number of aliphatic hydroxyl groups excluding tert-OH is 1. The summed E-state index contributed by atoms with van der Waals surface area (Å²) < 4.78 is 19.8. The molecule has 0 unspecified atom stereocenters. The van der Waals surface area contributed by atoms with Crippen LogP contribution in [0.1, 0.15) is 49.7 Å². The number of halogens is 3. The molecule has 3 aliphatic rings. The zero-order valence-corrected chi connectivity index (χ0v) is 32.2. The Hall–Kier alpha value is 0.206. The fourth-order valence-corrected chi connectivity index (χ4v) is 3.37. The average molecular weight is 734 g/mol. The molecule has 4 rings (SSSR count). The van der Waals surface area contributed by atoms with Gasteiger partial charge in [0.15, 0.2) is 0 Å². The Kier molecular flexibility index (Phi) is 49.1. The number of quaternary nitrogens is 1. The van der Waals surface area contributed by atoms with E-state index in [1.165, 1.54) is 61.8 Å². The van der Waals surface area contributed by atoms with Crippen LogP contribution >= 0.6 is 28.3 Å². The molecule has 2 aliphatic carbocycles. The van der Waals surface area contributed by atoms with E-state index in [0.717, 1.165) is 19.8 Å². The van der Waals surface area contributed by atoms with E-state index in [2.05, 4.69) is 79.7 Å². The normalized spacial score (nSPS) is 13.0. The van der Waals surface area contributed by atoms with E-state index in [9.17, 15) is 0 Å². The molecule has 0 atom stereocenters. The van der Waals surface area contributed by atoms with E-state index < -0.39 is 0 Å². The third-order valence-electron chi connectivity index (χ3n) is 5.30. The summed E-state index contributed by atoms with van der Waals surface area (Å²) >= 11 is 3.01. The monoisotopic (exact) mass is 731 g/mol. The quantitative estimate of drug-likeness (QED) is 0.0940. The Balaban J connectivity index is -0.000000232. The van der Waals surface area contributed by atoms with E-state index in [1.807, 2.05) is 0 Å². The minimum atomic E-state index is 0. The van der Waals surface area contributed by atoms with Crippen molar-refractivity contribution in [1.29, 1.82) is 0 Å². The van der Waals surface area contributed by atoms with Gasteiger partial charge in [-0.2, -0.15) is 0 Å². The largest absolute Gasteiger partial charge is 1.00 e. The molecule has 240 valence electrons. The van der Waals surface area contributed by atoms with Crippen LogP contribution in [-0.4, -0.2) is 88.7 Å². The van der Waals surface area contributed by atoms with Crippen molar-refractivity contribution in [3.63, 3.8) is 0 Å². The molecule has 1 saturated heterocycles. The summed E-state index contributed by atoms with van der Waals surface area (Å²) in [5, 5.41) is 9.15. The summed E-state index contributed by atoms with van der Waals surface area (Å²) in [5.74, 6) is 4.72. The van der Waals surface area contributed by atoms with Crippen LogP contribution in [0.2, 0.25) is 0 Å². The van der Waals surface area contributed by atoms with Crippen LogP contribution in [0.3, 0.4) is 0 Å². The van der Waals surface area contributed by atoms with Crippen molar-refractivity contribution in [3.8, 4) is 24.7 Å². The van der Waals surface area contributed by atoms with Gasteiger partial charge in [0.2, 0.25) is 0 Å². The fraction of sp³-hybridized carbons (Fsp3) is 0.594. The molecule has 1 aromatic carbocycles. The number of aliphatic imine (C=N–C) groups is 1. The number of aryl methyl sites for hydroxylation is 1. The predicted molar refractivity (Wildman–Crippen MR) is 176 cm³/mol. The van der Waals surface area contributed by atoms with Gasteiger partial charge in [-0.05, 0) is 49.7 Å². The Morgan fingerprint density at radius 2 is 1.51 bits per heavy atom. The van der Waals surface area contributed by atoms with Crippen LogP contribution in [-0.2, 0) is 25.4 Å². The standard InChI is InChI=1S/C10H10.C9H17NO3.C8H15NO.C3H3Br.C2H4O.2ClH.K/c1-2-6-10-8-4-3-7-9(10)5-1;1-2-4-11-6-8-13-9-7-12-5-3-10;10-7-6-9-8-4-2-1-3-5-8;1-2-3-4;1-2-3-1;;;/h1-3,5-7H,4,8H2;1H,3-10H2;10H,1-7H2;1H,3H2;1-2H2;2*1H;/q;;;;;;;+1. The SMILES string of the molecule is C#CCBr.C#CCOCCOCCOCC[NH3+].C1=Cc2ccccc2CC1.C1CO1.Cl.OCCN=C1CCCCC1.[Cl-].[K+]. The zero-order chi connectivity index (χ0) is 29.4. The van der Waals surface area contributed by atoms with E-state index in [1.54, 1.807) is 0 Å². The van der Waals surface area contributed by atoms with Crippen LogP contribution in [0.5, 0.6) is 0 Å². The van der Waals surface area contributed by atoms with Crippen molar-refractivity contribution in [2.45, 2.75) is 44.9 Å². The number of aliphatic hydroxyl groups is 1. The number of benzene rings is 1. The summed E-state index contributed by atoms with van der Waals surface area (Å²) in [6.45, 7) is 6.96. The first-order valence-electron chi connectivity index (χ1n) is 14.1. The molecular formula is C32H51BrCl2KN2O5+. The molecule has 11 heteroatoms. The molecule has 43 heavy (non-hydrogen) atoms. The Morgan fingerprint density at radius 1 is 0.930 bits per heavy atom. The van der Waals surface area contributed by atoms with Gasteiger partial charge in [0.05, 0.1) is 71.3 Å². The summed E-state index contributed by atoms with van der Waals surface area (Å²) in [5.41, 5.74) is 7.86. The molecule has 1 aromatic rings. The van der Waals surface area contributed by atoms with E-state index in [4.69, 9.17) is 32.2 Å². The number of allylic oxidation sites excluding steroid dienone is 1. The number of epoxide rings is 1. The average Bonchev–Trinajstić information content (AvgIpc) is 3.91. The number of nitrogens with zero attached hydrogens (tertiary/aromatic N) is 1. The van der Waals surface area contributed by atoms with Gasteiger partial charge >= 0.3 is 51.4 Å². The first kappa shape index (κ1) is 50.1. The molecule has 1 saturated carbocycles. The fourth-order valence-electron chi connectivity index (χ4n) is 3.37. The van der Waals surface area contributed by atoms with E-state index >= 15 is 0 Å². The van der Waals surface area contributed by atoms with Crippen molar-refractivity contribution in [1.82, 2.24) is 0 Å². The Labute approximate surface area is 324 Å². The van der Waals surface area contributed by atoms with Gasteiger partial charge in [-0.3, -0.25) is 4.99 Å². The van der Waals surface area contributed by atoms with Gasteiger partial charge in [-0.15, -0.1) is 25.3 Å². The molecule has 0 radical (unpaired) electrons. The van der Waals surface area contributed by atoms with Gasteiger partial charge in [0, 0.05) is 5.71 Å². The van der Waals surface area contributed by atoms with Crippen molar-refractivity contribution in [2.24, 2.45) is 4.99 Å². The number of rotatable bonds is 11. The van der Waals surface area contributed by atoms with Crippen LogP contribution in [0, 0.1) is 24.7 Å². The van der Waals surface area contributed by atoms with Crippen molar-refractivity contribution in [2.75, 3.05) is 77.9 Å². The number of hydrogen-bond donors (Lipinski definition) is 2. The smallest absolute Gasteiger partial charge is 1.00 e. The Bertz CT molecular complexity index is 854. The first-order chi connectivity index (χ1) is 19.7. The third kappa shape index (κ3) is 38.3. The summed E-state index contributed by atoms with van der Waals surface area (Å²) in [6.07, 6.45) is 22.9. The van der Waals surface area contributed by atoms with E-state index in [-0.39, 0.29) is 82.8 Å². The maximum Gasteiger partial charge on any atom is 1.00 e. The topological polar surface area (TPSA) is 100 Å². The number of terminal acetylenes is 2. The first-order valence-corrected chi connectivity index (χ1v) is 15.3. The molecule has 0 bridgehead atoms. The van der Waals surface area contributed by atoms with Crippen LogP contribution in [0.15, 0.2) is 35.3 Å². The molecule has 0 aromatic heterocycles. The maximum absolute atomic E-state index is 8.49. The van der Waals surface area contributed by atoms with Gasteiger partial charge in [0.25, 0.3) is 0 Å². The van der Waals surface area contributed by atoms with Gasteiger partial charge < -0.3 is 42.2 Å². The van der Waals surface area contributed by atoms with Crippen LogP contribution in [0.4, 0.5) is 0 Å². The van der Waals surface area contributed by atoms with Gasteiger partial charge in [0.1, 0.15) is 6.61 Å². The molecule has 7 nitrogen and oxygen atoms in total. The summed E-state index contributed by atoms with van der Waals surface area (Å²) in [6, 6.07) is 8.58. The van der Waals surface area contributed by atoms with Crippen LogP contribution < -0.4 is 69.5 Å². The third-order valence-corrected chi connectivity index (χ3v) is 5.62. The number of alkyl halides is 1. The van der Waals surface area contributed by atoms with Crippen LogP contribution in [0.25, 0.3) is 6.08 Å². The minimum Gasteiger partial charge on any atom is -1.00 e. The second kappa shape index (κ2) is 42.2. The molecule has 1 heterocycles. The second-order valence-corrected chi connectivity index (χ2v) is 9.22. The predicted octanol–water partition coefficient (Wildman–Crippen LogP) is -1.60. The van der Waals surface area contributed by atoms with Gasteiger partial charge in [-0.25, -0.2) is 0 Å².